The molecule has 2 aliphatic rings. The van der Waals surface area contributed by atoms with Crippen LogP contribution in [0.3, 0.4) is 0 Å². The van der Waals surface area contributed by atoms with Crippen LogP contribution in [-0.4, -0.2) is 64.0 Å². The summed E-state index contributed by atoms with van der Waals surface area (Å²) in [6, 6.07) is 7.75. The van der Waals surface area contributed by atoms with Gasteiger partial charge in [-0.2, -0.15) is 4.76 Å². The average Bonchev–Trinajstić information content (AvgIpc) is 2.80. The van der Waals surface area contributed by atoms with E-state index in [1.165, 1.54) is 6.07 Å². The van der Waals surface area contributed by atoms with Crippen LogP contribution in [0.2, 0.25) is 5.02 Å². The minimum atomic E-state index is -2.66. The number of halogens is 2. The zero-order chi connectivity index (χ0) is 28.9. The van der Waals surface area contributed by atoms with Crippen LogP contribution in [0.4, 0.5) is 15.0 Å². The van der Waals surface area contributed by atoms with E-state index in [9.17, 15) is 13.8 Å². The Morgan fingerprint density at radius 1 is 1.10 bits per heavy atom. The SMILES string of the molecule is C[C@@H]1CN(C2=N[PH](=O)N(CC(C)(C)C)c3nc(-c4ccccc4F)c(Cl)cc32)[C@@H](C)CN1C(=O)OC(C)(C)C. The molecule has 1 unspecified atom stereocenters. The van der Waals surface area contributed by atoms with E-state index >= 15 is 0 Å². The Labute approximate surface area is 236 Å². The van der Waals surface area contributed by atoms with Gasteiger partial charge in [0.15, 0.2) is 0 Å². The Hall–Kier alpha value is -2.64. The van der Waals surface area contributed by atoms with Gasteiger partial charge in [0, 0.05) is 37.3 Å². The smallest absolute Gasteiger partial charge is 0.410 e. The third-order valence-electron chi connectivity index (χ3n) is 6.53. The summed E-state index contributed by atoms with van der Waals surface area (Å²) >= 11 is 6.72. The molecule has 1 aromatic carbocycles. The van der Waals surface area contributed by atoms with Gasteiger partial charge in [-0.3, -0.25) is 9.24 Å². The molecule has 3 heterocycles. The topological polar surface area (TPSA) is 78.3 Å². The van der Waals surface area contributed by atoms with Gasteiger partial charge < -0.3 is 14.5 Å². The number of hydrogen-bond donors (Lipinski definition) is 0. The van der Waals surface area contributed by atoms with Crippen LogP contribution in [-0.2, 0) is 9.30 Å². The van der Waals surface area contributed by atoms with Gasteiger partial charge in [0.2, 0.25) is 0 Å². The minimum absolute atomic E-state index is 0.144. The second-order valence-corrected chi connectivity index (χ2v) is 14.3. The highest BCUT2D eigenvalue weighted by molar-refractivity contribution is 7.45. The highest BCUT2D eigenvalue weighted by Crippen LogP contribution is 2.46. The Morgan fingerprint density at radius 2 is 1.77 bits per heavy atom. The maximum absolute atomic E-state index is 14.8. The van der Waals surface area contributed by atoms with Gasteiger partial charge in [-0.15, -0.1) is 0 Å². The van der Waals surface area contributed by atoms with Gasteiger partial charge in [0.1, 0.15) is 23.1 Å². The second-order valence-electron chi connectivity index (χ2n) is 12.5. The van der Waals surface area contributed by atoms with Crippen LogP contribution in [0.25, 0.3) is 11.3 Å². The number of rotatable bonds is 2. The highest BCUT2D eigenvalue weighted by Gasteiger charge is 2.40. The molecule has 2 aromatic rings. The summed E-state index contributed by atoms with van der Waals surface area (Å²) in [5.41, 5.74) is 0.402. The van der Waals surface area contributed by atoms with Gasteiger partial charge >= 0.3 is 6.09 Å². The predicted molar refractivity (Wildman–Crippen MR) is 156 cm³/mol. The number of benzene rings is 1. The quantitative estimate of drug-likeness (QED) is 0.362. The van der Waals surface area contributed by atoms with Crippen molar-refractivity contribution in [2.45, 2.75) is 73.1 Å². The van der Waals surface area contributed by atoms with Crippen molar-refractivity contribution in [2.24, 2.45) is 10.2 Å². The number of anilines is 1. The maximum atomic E-state index is 14.8. The molecule has 212 valence electrons. The van der Waals surface area contributed by atoms with E-state index < -0.39 is 19.5 Å². The van der Waals surface area contributed by atoms with E-state index in [0.29, 0.717) is 42.5 Å². The van der Waals surface area contributed by atoms with Crippen LogP contribution in [0.5, 0.6) is 0 Å². The molecule has 2 aliphatic heterocycles. The number of ether oxygens (including phenoxy) is 1. The summed E-state index contributed by atoms with van der Waals surface area (Å²) in [6.07, 6.45) is -0.364. The number of carbonyl (C=O) groups excluding carboxylic acids is 1. The summed E-state index contributed by atoms with van der Waals surface area (Å²) in [5, 5.41) is 0.275. The first-order valence-electron chi connectivity index (χ1n) is 13.2. The summed E-state index contributed by atoms with van der Waals surface area (Å²) in [4.78, 5) is 21.5. The first-order chi connectivity index (χ1) is 18.1. The Kier molecular flexibility index (Phi) is 8.08. The van der Waals surface area contributed by atoms with Crippen molar-refractivity contribution >= 4 is 37.5 Å². The van der Waals surface area contributed by atoms with Crippen molar-refractivity contribution in [3.8, 4) is 11.3 Å². The molecule has 0 N–H and O–H groups in total. The lowest BCUT2D eigenvalue weighted by molar-refractivity contribution is 0.000514. The average molecular weight is 578 g/mol. The van der Waals surface area contributed by atoms with Crippen LogP contribution >= 0.6 is 19.7 Å². The molecule has 0 aliphatic carbocycles. The predicted octanol–water partition coefficient (Wildman–Crippen LogP) is 6.87. The highest BCUT2D eigenvalue weighted by atomic mass is 35.5. The molecule has 1 amide bonds. The maximum Gasteiger partial charge on any atom is 0.410 e. The minimum Gasteiger partial charge on any atom is -0.444 e. The number of nitrogens with zero attached hydrogens (tertiary/aromatic N) is 5. The van der Waals surface area contributed by atoms with Gasteiger partial charge in [-0.25, -0.2) is 14.2 Å². The number of piperazine rings is 1. The van der Waals surface area contributed by atoms with Crippen molar-refractivity contribution in [1.82, 2.24) is 14.8 Å². The molecule has 3 atom stereocenters. The van der Waals surface area contributed by atoms with E-state index in [4.69, 9.17) is 26.1 Å². The summed E-state index contributed by atoms with van der Waals surface area (Å²) in [5.74, 6) is 0.555. The van der Waals surface area contributed by atoms with E-state index in [2.05, 4.69) is 4.90 Å². The molecule has 4 rings (SSSR count). The van der Waals surface area contributed by atoms with Crippen molar-refractivity contribution in [1.29, 1.82) is 0 Å². The third-order valence-corrected chi connectivity index (χ3v) is 8.06. The fourth-order valence-corrected chi connectivity index (χ4v) is 6.59. The third kappa shape index (κ3) is 6.41. The molecule has 1 aromatic heterocycles. The molecule has 0 saturated carbocycles. The summed E-state index contributed by atoms with van der Waals surface area (Å²) in [7, 11) is -2.66. The molecule has 0 radical (unpaired) electrons. The first-order valence-corrected chi connectivity index (χ1v) is 14.9. The summed E-state index contributed by atoms with van der Waals surface area (Å²) < 4.78 is 40.5. The number of pyridine rings is 1. The Morgan fingerprint density at radius 3 is 2.38 bits per heavy atom. The Balaban J connectivity index is 1.76. The monoisotopic (exact) mass is 577 g/mol. The van der Waals surface area contributed by atoms with E-state index in [-0.39, 0.29) is 34.2 Å². The van der Waals surface area contributed by atoms with Crippen LogP contribution in [0.15, 0.2) is 35.1 Å². The molecule has 1 fully saturated rings. The molecule has 0 bridgehead atoms. The normalized spacial score (nSPS) is 21.9. The van der Waals surface area contributed by atoms with Crippen molar-refractivity contribution < 1.29 is 18.5 Å². The molecular weight excluding hydrogens is 540 g/mol. The van der Waals surface area contributed by atoms with Gasteiger partial charge in [-0.05, 0) is 58.2 Å². The number of amidine groups is 1. The van der Waals surface area contributed by atoms with Crippen molar-refractivity contribution in [3.63, 3.8) is 0 Å². The van der Waals surface area contributed by atoms with E-state index in [1.54, 1.807) is 33.8 Å². The number of carbonyl (C=O) groups is 1. The van der Waals surface area contributed by atoms with Crippen LogP contribution in [0, 0.1) is 11.2 Å². The molecule has 8 nitrogen and oxygen atoms in total. The van der Waals surface area contributed by atoms with E-state index in [0.717, 1.165) is 0 Å². The lowest BCUT2D eigenvalue weighted by atomic mass is 9.96. The summed E-state index contributed by atoms with van der Waals surface area (Å²) in [6.45, 7) is 16.9. The number of aromatic nitrogens is 1. The standard InChI is InChI=1S/C28H38ClFN5O3P/c1-17-15-34(26(36)38-28(6,7)8)18(2)14-33(17)25-20-13-21(29)23(19-11-9-10-12-22(19)30)31-24(20)35(39(37)32-25)16-27(3,4)5/h9-13,17-18,39H,14-16H2,1-8H3/t17-,18+/m0/s1. The zero-order valence-corrected chi connectivity index (χ0v) is 25.6. The molecular formula is C28H38ClFN5O3P. The molecule has 39 heavy (non-hydrogen) atoms. The van der Waals surface area contributed by atoms with Crippen LogP contribution in [0.1, 0.15) is 61.0 Å². The molecule has 0 spiro atoms. The molecule has 1 saturated heterocycles. The van der Waals surface area contributed by atoms with Crippen molar-refractivity contribution in [3.05, 3.63) is 46.7 Å². The van der Waals surface area contributed by atoms with Crippen molar-refractivity contribution in [2.75, 3.05) is 24.3 Å². The molecule has 11 heteroatoms. The largest absolute Gasteiger partial charge is 0.444 e. The fourth-order valence-electron chi connectivity index (χ4n) is 4.83. The van der Waals surface area contributed by atoms with Gasteiger partial charge in [0.05, 0.1) is 16.3 Å². The Bertz CT molecular complexity index is 1320. The van der Waals surface area contributed by atoms with Gasteiger partial charge in [0.25, 0.3) is 8.10 Å². The number of hydrogen-bond acceptors (Lipinski definition) is 5. The number of amides is 1. The zero-order valence-electron chi connectivity index (χ0n) is 23.9. The second kappa shape index (κ2) is 10.7. The van der Waals surface area contributed by atoms with Crippen LogP contribution < -0.4 is 4.67 Å². The number of fused-ring (bicyclic) bond motifs is 1. The lowest BCUT2D eigenvalue weighted by Gasteiger charge is -2.46. The van der Waals surface area contributed by atoms with Gasteiger partial charge in [-0.1, -0.05) is 44.5 Å². The fraction of sp³-hybridized carbons (Fsp3) is 0.536. The van der Waals surface area contributed by atoms with E-state index in [1.807, 2.05) is 55.4 Å². The first kappa shape index (κ1) is 29.3. The lowest BCUT2D eigenvalue weighted by Crippen LogP contribution is -2.60.